The number of fused-ring (bicyclic) bond motifs is 1. The van der Waals surface area contributed by atoms with Gasteiger partial charge >= 0.3 is 0 Å². The van der Waals surface area contributed by atoms with E-state index in [0.29, 0.717) is 0 Å². The number of ether oxygens (including phenoxy) is 3. The standard InChI is InChI=1S/C14H25N3O5S/c1-17-13(11-6-5-7-12(11)15-17)23(18,19)16-14(8-20-2,9-21-3)10-22-4/h16H,5-10H2,1-4H3. The molecule has 1 aliphatic rings. The molecule has 1 N–H and O–H groups in total. The summed E-state index contributed by atoms with van der Waals surface area (Å²) in [6.45, 7) is 0.399. The highest BCUT2D eigenvalue weighted by atomic mass is 32.2. The van der Waals surface area contributed by atoms with Gasteiger partial charge in [-0.15, -0.1) is 0 Å². The van der Waals surface area contributed by atoms with Gasteiger partial charge in [-0.05, 0) is 19.3 Å². The predicted molar refractivity (Wildman–Crippen MR) is 83.9 cm³/mol. The zero-order chi connectivity index (χ0) is 17.1. The normalized spacial score (nSPS) is 15.1. The third kappa shape index (κ3) is 3.74. The maximum atomic E-state index is 13.0. The van der Waals surface area contributed by atoms with Crippen molar-refractivity contribution in [3.8, 4) is 0 Å². The van der Waals surface area contributed by atoms with Gasteiger partial charge in [0.1, 0.15) is 5.54 Å². The van der Waals surface area contributed by atoms with Crippen molar-refractivity contribution in [2.24, 2.45) is 7.05 Å². The van der Waals surface area contributed by atoms with Gasteiger partial charge < -0.3 is 14.2 Å². The number of methoxy groups -OCH3 is 3. The highest BCUT2D eigenvalue weighted by Crippen LogP contribution is 2.28. The molecule has 0 saturated carbocycles. The number of hydrogen-bond acceptors (Lipinski definition) is 6. The van der Waals surface area contributed by atoms with Gasteiger partial charge in [-0.2, -0.15) is 9.82 Å². The van der Waals surface area contributed by atoms with Crippen molar-refractivity contribution in [2.75, 3.05) is 41.2 Å². The molecule has 0 spiro atoms. The quantitative estimate of drug-likeness (QED) is 0.669. The van der Waals surface area contributed by atoms with Gasteiger partial charge in [0.25, 0.3) is 10.0 Å². The number of nitrogens with one attached hydrogen (secondary N) is 1. The molecule has 23 heavy (non-hydrogen) atoms. The Kier molecular flexibility index (Phi) is 5.79. The summed E-state index contributed by atoms with van der Waals surface area (Å²) in [7, 11) is 2.39. The summed E-state index contributed by atoms with van der Waals surface area (Å²) in [4.78, 5) is 0. The van der Waals surface area contributed by atoms with Gasteiger partial charge in [0.15, 0.2) is 5.03 Å². The average Bonchev–Trinajstić information content (AvgIpc) is 2.98. The molecule has 0 bridgehead atoms. The molecule has 0 unspecified atom stereocenters. The molecule has 0 atom stereocenters. The summed E-state index contributed by atoms with van der Waals surface area (Å²) < 4.78 is 45.7. The summed E-state index contributed by atoms with van der Waals surface area (Å²) >= 11 is 0. The number of aryl methyl sites for hydroxylation is 2. The van der Waals surface area contributed by atoms with E-state index >= 15 is 0 Å². The zero-order valence-corrected chi connectivity index (χ0v) is 14.9. The van der Waals surface area contributed by atoms with Crippen LogP contribution in [0.3, 0.4) is 0 Å². The first kappa shape index (κ1) is 18.3. The third-order valence-corrected chi connectivity index (χ3v) is 5.60. The molecule has 9 heteroatoms. The van der Waals surface area contributed by atoms with E-state index < -0.39 is 15.6 Å². The highest BCUT2D eigenvalue weighted by Gasteiger charge is 2.39. The van der Waals surface area contributed by atoms with Crippen LogP contribution in [0.15, 0.2) is 5.03 Å². The molecule has 8 nitrogen and oxygen atoms in total. The van der Waals surface area contributed by atoms with Gasteiger partial charge in [-0.1, -0.05) is 0 Å². The number of rotatable bonds is 9. The summed E-state index contributed by atoms with van der Waals surface area (Å²) in [6, 6.07) is 0. The van der Waals surface area contributed by atoms with Crippen molar-refractivity contribution >= 4 is 10.0 Å². The summed E-state index contributed by atoms with van der Waals surface area (Å²) in [5, 5.41) is 4.55. The Labute approximate surface area is 137 Å². The van der Waals surface area contributed by atoms with E-state index in [1.54, 1.807) is 7.05 Å². The molecular formula is C14H25N3O5S. The largest absolute Gasteiger partial charge is 0.383 e. The molecule has 0 radical (unpaired) electrons. The molecule has 0 saturated heterocycles. The number of sulfonamides is 1. The first-order valence-corrected chi connectivity index (χ1v) is 8.93. The van der Waals surface area contributed by atoms with Crippen molar-refractivity contribution in [1.29, 1.82) is 0 Å². The van der Waals surface area contributed by atoms with E-state index in [9.17, 15) is 8.42 Å². The molecule has 0 aliphatic heterocycles. The Bertz CT molecular complexity index is 624. The summed E-state index contributed by atoms with van der Waals surface area (Å²) in [5.41, 5.74) is 0.678. The lowest BCUT2D eigenvalue weighted by Crippen LogP contribution is -2.58. The summed E-state index contributed by atoms with van der Waals surface area (Å²) in [6.07, 6.45) is 2.48. The highest BCUT2D eigenvalue weighted by molar-refractivity contribution is 7.89. The van der Waals surface area contributed by atoms with Crippen LogP contribution in [0.2, 0.25) is 0 Å². The minimum absolute atomic E-state index is 0.133. The maximum absolute atomic E-state index is 13.0. The number of hydrogen-bond donors (Lipinski definition) is 1. The lowest BCUT2D eigenvalue weighted by molar-refractivity contribution is 0.00642. The van der Waals surface area contributed by atoms with Crippen LogP contribution in [0.25, 0.3) is 0 Å². The monoisotopic (exact) mass is 347 g/mol. The molecule has 1 heterocycles. The van der Waals surface area contributed by atoms with Crippen LogP contribution < -0.4 is 4.72 Å². The Morgan fingerprint density at radius 3 is 2.22 bits per heavy atom. The zero-order valence-electron chi connectivity index (χ0n) is 14.1. The molecule has 0 aromatic carbocycles. The van der Waals surface area contributed by atoms with Gasteiger partial charge in [-0.3, -0.25) is 4.68 Å². The first-order valence-electron chi connectivity index (χ1n) is 7.44. The molecular weight excluding hydrogens is 322 g/mol. The van der Waals surface area contributed by atoms with Crippen LogP contribution in [0, 0.1) is 0 Å². The molecule has 0 amide bonds. The molecule has 1 aliphatic carbocycles. The summed E-state index contributed by atoms with van der Waals surface area (Å²) in [5.74, 6) is 0. The minimum atomic E-state index is -3.79. The lowest BCUT2D eigenvalue weighted by atomic mass is 10.1. The van der Waals surface area contributed by atoms with E-state index in [-0.39, 0.29) is 24.8 Å². The maximum Gasteiger partial charge on any atom is 0.258 e. The van der Waals surface area contributed by atoms with Crippen LogP contribution in [0.5, 0.6) is 0 Å². The van der Waals surface area contributed by atoms with Crippen LogP contribution in [0.4, 0.5) is 0 Å². The van der Waals surface area contributed by atoms with Crippen LogP contribution >= 0.6 is 0 Å². The molecule has 2 rings (SSSR count). The first-order chi connectivity index (χ1) is 10.9. The van der Waals surface area contributed by atoms with Gasteiger partial charge in [0, 0.05) is 33.9 Å². The Morgan fingerprint density at radius 2 is 1.70 bits per heavy atom. The van der Waals surface area contributed by atoms with Crippen molar-refractivity contribution < 1.29 is 22.6 Å². The Hall–Kier alpha value is -1.00. The van der Waals surface area contributed by atoms with Crippen molar-refractivity contribution in [2.45, 2.75) is 29.8 Å². The minimum Gasteiger partial charge on any atom is -0.383 e. The molecule has 1 aromatic heterocycles. The average molecular weight is 347 g/mol. The second-order valence-electron chi connectivity index (χ2n) is 5.89. The lowest BCUT2D eigenvalue weighted by Gasteiger charge is -2.32. The third-order valence-electron chi connectivity index (χ3n) is 3.88. The Morgan fingerprint density at radius 1 is 1.13 bits per heavy atom. The molecule has 0 fully saturated rings. The van der Waals surface area contributed by atoms with E-state index in [1.807, 2.05) is 0 Å². The fourth-order valence-corrected chi connectivity index (χ4v) is 4.98. The van der Waals surface area contributed by atoms with Gasteiger partial charge in [0.2, 0.25) is 0 Å². The topological polar surface area (TPSA) is 91.7 Å². The predicted octanol–water partition coefficient (Wildman–Crippen LogP) is -0.135. The van der Waals surface area contributed by atoms with Crippen LogP contribution in [-0.4, -0.2) is 64.9 Å². The smallest absolute Gasteiger partial charge is 0.258 e. The van der Waals surface area contributed by atoms with E-state index in [1.165, 1.54) is 26.0 Å². The fourth-order valence-electron chi connectivity index (χ4n) is 3.20. The SMILES string of the molecule is COCC(COC)(COC)NS(=O)(=O)c1c2c(nn1C)CCC2. The second kappa shape index (κ2) is 7.27. The fraction of sp³-hybridized carbons (Fsp3) is 0.786. The van der Waals surface area contributed by atoms with E-state index in [4.69, 9.17) is 14.2 Å². The van der Waals surface area contributed by atoms with Gasteiger partial charge in [0.05, 0.1) is 25.5 Å². The Balaban J connectivity index is 2.38. The number of nitrogens with zero attached hydrogens (tertiary/aromatic N) is 2. The number of aromatic nitrogens is 2. The molecule has 1 aromatic rings. The van der Waals surface area contributed by atoms with E-state index in [2.05, 4.69) is 9.82 Å². The van der Waals surface area contributed by atoms with E-state index in [0.717, 1.165) is 30.5 Å². The molecule has 132 valence electrons. The van der Waals surface area contributed by atoms with Gasteiger partial charge in [-0.25, -0.2) is 8.42 Å². The second-order valence-corrected chi connectivity index (χ2v) is 7.49. The van der Waals surface area contributed by atoms with Crippen molar-refractivity contribution in [3.05, 3.63) is 11.3 Å². The van der Waals surface area contributed by atoms with Crippen molar-refractivity contribution in [3.63, 3.8) is 0 Å². The van der Waals surface area contributed by atoms with Crippen molar-refractivity contribution in [1.82, 2.24) is 14.5 Å². The van der Waals surface area contributed by atoms with Crippen LogP contribution in [-0.2, 0) is 44.1 Å². The van der Waals surface area contributed by atoms with Crippen LogP contribution in [0.1, 0.15) is 17.7 Å².